The van der Waals surface area contributed by atoms with Crippen molar-refractivity contribution < 1.29 is 14.3 Å². The summed E-state index contributed by atoms with van der Waals surface area (Å²) in [6.45, 7) is 6.94. The molecule has 7 heteroatoms. The average molecular weight is 493 g/mol. The molecule has 162 valence electrons. The van der Waals surface area contributed by atoms with Gasteiger partial charge in [-0.3, -0.25) is 9.59 Å². The van der Waals surface area contributed by atoms with Crippen LogP contribution in [0, 0.1) is 0 Å². The minimum absolute atomic E-state index is 0.0733. The van der Waals surface area contributed by atoms with E-state index in [1.165, 1.54) is 21.8 Å². The molecule has 30 heavy (non-hydrogen) atoms. The van der Waals surface area contributed by atoms with Gasteiger partial charge in [0.25, 0.3) is 5.91 Å². The van der Waals surface area contributed by atoms with E-state index in [9.17, 15) is 9.59 Å². The Morgan fingerprint density at radius 1 is 1.23 bits per heavy atom. The van der Waals surface area contributed by atoms with Gasteiger partial charge in [0.15, 0.2) is 0 Å². The molecule has 1 aliphatic rings. The SMILES string of the molecule is CC(C)(C)c1ccc(OCCCC(=O)Nc2sc3c(c2C(N)=O)CCCC3)c(Br)c1. The van der Waals surface area contributed by atoms with Crippen LogP contribution in [0.4, 0.5) is 5.00 Å². The molecular weight excluding hydrogens is 464 g/mol. The minimum atomic E-state index is -0.461. The highest BCUT2D eigenvalue weighted by Gasteiger charge is 2.24. The van der Waals surface area contributed by atoms with E-state index in [0.717, 1.165) is 41.5 Å². The molecule has 0 radical (unpaired) electrons. The van der Waals surface area contributed by atoms with Crippen LogP contribution < -0.4 is 15.8 Å². The number of nitrogens with two attached hydrogens (primary N) is 1. The van der Waals surface area contributed by atoms with Gasteiger partial charge >= 0.3 is 0 Å². The maximum atomic E-state index is 12.4. The number of nitrogens with one attached hydrogen (secondary N) is 1. The molecule has 1 aromatic heterocycles. The normalized spacial score (nSPS) is 13.6. The van der Waals surface area contributed by atoms with Gasteiger partial charge in [0.2, 0.25) is 5.91 Å². The number of rotatable bonds is 7. The molecule has 1 aromatic carbocycles. The molecule has 0 saturated carbocycles. The molecule has 0 spiro atoms. The lowest BCUT2D eigenvalue weighted by molar-refractivity contribution is -0.116. The van der Waals surface area contributed by atoms with Crippen molar-refractivity contribution in [1.82, 2.24) is 0 Å². The van der Waals surface area contributed by atoms with Gasteiger partial charge in [-0.05, 0) is 76.7 Å². The zero-order valence-corrected chi connectivity index (χ0v) is 20.2. The van der Waals surface area contributed by atoms with Crippen LogP contribution in [0.2, 0.25) is 0 Å². The van der Waals surface area contributed by atoms with Crippen molar-refractivity contribution in [2.45, 2.75) is 64.7 Å². The van der Waals surface area contributed by atoms with Gasteiger partial charge in [0.1, 0.15) is 10.8 Å². The largest absolute Gasteiger partial charge is 0.492 e. The van der Waals surface area contributed by atoms with E-state index in [-0.39, 0.29) is 11.3 Å². The van der Waals surface area contributed by atoms with Crippen LogP contribution in [0.1, 0.15) is 72.8 Å². The first kappa shape index (κ1) is 22.8. The van der Waals surface area contributed by atoms with Crippen molar-refractivity contribution in [2.24, 2.45) is 5.73 Å². The predicted octanol–water partition coefficient (Wildman–Crippen LogP) is 5.58. The lowest BCUT2D eigenvalue weighted by Crippen LogP contribution is -2.18. The average Bonchev–Trinajstić information content (AvgIpc) is 3.03. The van der Waals surface area contributed by atoms with E-state index in [1.54, 1.807) is 0 Å². The van der Waals surface area contributed by atoms with E-state index >= 15 is 0 Å². The number of aryl methyl sites for hydroxylation is 1. The Bertz CT molecular complexity index is 947. The molecule has 5 nitrogen and oxygen atoms in total. The quantitative estimate of drug-likeness (QED) is 0.494. The molecule has 1 aliphatic carbocycles. The van der Waals surface area contributed by atoms with Gasteiger partial charge in [-0.2, -0.15) is 0 Å². The second-order valence-electron chi connectivity index (χ2n) is 8.67. The Hall–Kier alpha value is -1.86. The van der Waals surface area contributed by atoms with Gasteiger partial charge in [0.05, 0.1) is 16.6 Å². The Labute approximate surface area is 190 Å². The number of hydrogen-bond donors (Lipinski definition) is 2. The number of anilines is 1. The Kier molecular flexibility index (Phi) is 7.24. The summed E-state index contributed by atoms with van der Waals surface area (Å²) in [6.07, 6.45) is 4.88. The van der Waals surface area contributed by atoms with E-state index in [2.05, 4.69) is 54.2 Å². The zero-order valence-electron chi connectivity index (χ0n) is 17.8. The van der Waals surface area contributed by atoms with Gasteiger partial charge in [-0.15, -0.1) is 11.3 Å². The maximum absolute atomic E-state index is 12.4. The first-order valence-electron chi connectivity index (χ1n) is 10.3. The number of ether oxygens (including phenoxy) is 1. The van der Waals surface area contributed by atoms with E-state index in [0.29, 0.717) is 30.0 Å². The molecule has 0 aliphatic heterocycles. The van der Waals surface area contributed by atoms with Crippen LogP contribution in [0.25, 0.3) is 0 Å². The molecule has 1 heterocycles. The van der Waals surface area contributed by atoms with Crippen LogP contribution in [0.3, 0.4) is 0 Å². The number of carbonyl (C=O) groups is 2. The highest BCUT2D eigenvalue weighted by atomic mass is 79.9. The molecular formula is C23H29BrN2O3S. The van der Waals surface area contributed by atoms with Gasteiger partial charge < -0.3 is 15.8 Å². The summed E-state index contributed by atoms with van der Waals surface area (Å²) < 4.78 is 6.75. The molecule has 2 aromatic rings. The fourth-order valence-corrected chi connectivity index (χ4v) is 5.41. The van der Waals surface area contributed by atoms with Gasteiger partial charge in [0, 0.05) is 11.3 Å². The summed E-state index contributed by atoms with van der Waals surface area (Å²) in [6, 6.07) is 6.10. The summed E-state index contributed by atoms with van der Waals surface area (Å²) >= 11 is 5.06. The van der Waals surface area contributed by atoms with E-state index in [4.69, 9.17) is 10.5 Å². The van der Waals surface area contributed by atoms with Crippen molar-refractivity contribution in [3.05, 3.63) is 44.2 Å². The lowest BCUT2D eigenvalue weighted by Gasteiger charge is -2.20. The van der Waals surface area contributed by atoms with E-state index in [1.807, 2.05) is 6.07 Å². The molecule has 2 amide bonds. The van der Waals surface area contributed by atoms with E-state index < -0.39 is 5.91 Å². The predicted molar refractivity (Wildman–Crippen MR) is 126 cm³/mol. The number of benzene rings is 1. The minimum Gasteiger partial charge on any atom is -0.492 e. The topological polar surface area (TPSA) is 81.4 Å². The van der Waals surface area contributed by atoms with Gasteiger partial charge in [-0.25, -0.2) is 0 Å². The number of halogens is 1. The monoisotopic (exact) mass is 492 g/mol. The number of carbonyl (C=O) groups excluding carboxylic acids is 2. The highest BCUT2D eigenvalue weighted by molar-refractivity contribution is 9.10. The van der Waals surface area contributed by atoms with Crippen LogP contribution in [-0.4, -0.2) is 18.4 Å². The van der Waals surface area contributed by atoms with Gasteiger partial charge in [-0.1, -0.05) is 26.8 Å². The third-order valence-electron chi connectivity index (χ3n) is 5.27. The number of hydrogen-bond acceptors (Lipinski definition) is 4. The summed E-state index contributed by atoms with van der Waals surface area (Å²) in [5, 5.41) is 3.50. The molecule has 0 fully saturated rings. The van der Waals surface area contributed by atoms with Crippen LogP contribution in [-0.2, 0) is 23.1 Å². The highest BCUT2D eigenvalue weighted by Crippen LogP contribution is 2.38. The van der Waals surface area contributed by atoms with Crippen molar-refractivity contribution in [2.75, 3.05) is 11.9 Å². The fourth-order valence-electron chi connectivity index (χ4n) is 3.60. The second-order valence-corrected chi connectivity index (χ2v) is 10.6. The summed E-state index contributed by atoms with van der Waals surface area (Å²) in [4.78, 5) is 25.5. The fraction of sp³-hybridized carbons (Fsp3) is 0.478. The van der Waals surface area contributed by atoms with Crippen molar-refractivity contribution in [1.29, 1.82) is 0 Å². The Morgan fingerprint density at radius 3 is 2.63 bits per heavy atom. The first-order chi connectivity index (χ1) is 14.2. The summed E-state index contributed by atoms with van der Waals surface area (Å²) in [7, 11) is 0. The van der Waals surface area contributed by atoms with Crippen LogP contribution in [0.15, 0.2) is 22.7 Å². The molecule has 0 atom stereocenters. The Morgan fingerprint density at radius 2 is 1.97 bits per heavy atom. The maximum Gasteiger partial charge on any atom is 0.251 e. The van der Waals surface area contributed by atoms with Crippen molar-refractivity contribution in [3.63, 3.8) is 0 Å². The summed E-state index contributed by atoms with van der Waals surface area (Å²) in [5.41, 5.74) is 8.42. The number of primary amides is 1. The third-order valence-corrected chi connectivity index (χ3v) is 7.10. The number of fused-ring (bicyclic) bond motifs is 1. The smallest absolute Gasteiger partial charge is 0.251 e. The summed E-state index contributed by atoms with van der Waals surface area (Å²) in [5.74, 6) is 0.184. The lowest BCUT2D eigenvalue weighted by atomic mass is 9.87. The molecule has 3 rings (SSSR count). The molecule has 0 unspecified atom stereocenters. The third kappa shape index (κ3) is 5.43. The second kappa shape index (κ2) is 9.52. The van der Waals surface area contributed by atoms with Crippen LogP contribution >= 0.6 is 27.3 Å². The van der Waals surface area contributed by atoms with Crippen molar-refractivity contribution in [3.8, 4) is 5.75 Å². The standard InChI is InChI=1S/C23H29BrN2O3S/c1-23(2,3)14-10-11-17(16(24)13-14)29-12-6-9-19(27)26-22-20(21(25)28)15-7-4-5-8-18(15)30-22/h10-11,13H,4-9,12H2,1-3H3,(H2,25,28)(H,26,27). The number of amides is 2. The molecule has 3 N–H and O–H groups in total. The van der Waals surface area contributed by atoms with Crippen LogP contribution in [0.5, 0.6) is 5.75 Å². The first-order valence-corrected chi connectivity index (χ1v) is 11.9. The molecule has 0 bridgehead atoms. The number of thiophene rings is 1. The zero-order chi connectivity index (χ0) is 21.9. The van der Waals surface area contributed by atoms with Crippen molar-refractivity contribution >= 4 is 44.1 Å². The molecule has 0 saturated heterocycles. The Balaban J connectivity index is 1.53.